The molecule has 0 aromatic heterocycles. The van der Waals surface area contributed by atoms with Crippen LogP contribution in [0.5, 0.6) is 0 Å². The highest BCUT2D eigenvalue weighted by Gasteiger charge is 2.15. The lowest BCUT2D eigenvalue weighted by Crippen LogP contribution is -2.22. The second-order valence-electron chi connectivity index (χ2n) is 4.33. The zero-order chi connectivity index (χ0) is 15.4. The molecule has 1 amide bonds. The Morgan fingerprint density at radius 2 is 1.81 bits per heavy atom. The molecule has 1 N–H and O–H groups in total. The van der Waals surface area contributed by atoms with Gasteiger partial charge in [0.2, 0.25) is 5.91 Å². The summed E-state index contributed by atoms with van der Waals surface area (Å²) in [6, 6.07) is 10.3. The van der Waals surface area contributed by atoms with Crippen molar-refractivity contribution >= 4 is 35.0 Å². The number of halogens is 3. The Labute approximate surface area is 130 Å². The van der Waals surface area contributed by atoms with Crippen molar-refractivity contribution in [2.45, 2.75) is 17.1 Å². The van der Waals surface area contributed by atoms with Crippen molar-refractivity contribution in [2.75, 3.05) is 5.32 Å². The second-order valence-corrected chi connectivity index (χ2v) is 6.18. The fourth-order valence-electron chi connectivity index (χ4n) is 1.59. The molecule has 2 aromatic carbocycles. The van der Waals surface area contributed by atoms with E-state index in [1.165, 1.54) is 17.8 Å². The zero-order valence-electron chi connectivity index (χ0n) is 11.1. The molecule has 0 aliphatic rings. The maximum atomic E-state index is 13.1. The number of hydrogen-bond acceptors (Lipinski definition) is 2. The molecule has 6 heteroatoms. The van der Waals surface area contributed by atoms with Crippen LogP contribution < -0.4 is 5.32 Å². The number of carbonyl (C=O) groups excluding carboxylic acids is 1. The minimum atomic E-state index is -0.995. The first-order valence-corrected chi connectivity index (χ1v) is 7.39. The summed E-state index contributed by atoms with van der Waals surface area (Å²) in [5, 5.41) is 2.78. The van der Waals surface area contributed by atoms with Gasteiger partial charge >= 0.3 is 0 Å². The number of amides is 1. The standard InChI is InChI=1S/C15H12ClF2NOS/c1-9(21-12-5-2-10(16)3-6-12)15(20)19-11-4-7-13(17)14(18)8-11/h2-9H,1H3,(H,19,20). The molecular formula is C15H12ClF2NOS. The van der Waals surface area contributed by atoms with Gasteiger partial charge in [-0.2, -0.15) is 0 Å². The number of thioether (sulfide) groups is 1. The van der Waals surface area contributed by atoms with Gasteiger partial charge in [0.05, 0.1) is 5.25 Å². The summed E-state index contributed by atoms with van der Waals surface area (Å²) < 4.78 is 25.9. The van der Waals surface area contributed by atoms with Gasteiger partial charge in [-0.3, -0.25) is 4.79 Å². The van der Waals surface area contributed by atoms with Gasteiger partial charge in [0.1, 0.15) is 0 Å². The van der Waals surface area contributed by atoms with E-state index in [-0.39, 0.29) is 16.8 Å². The lowest BCUT2D eigenvalue weighted by Gasteiger charge is -2.12. The van der Waals surface area contributed by atoms with Crippen LogP contribution in [0.3, 0.4) is 0 Å². The van der Waals surface area contributed by atoms with Gasteiger partial charge in [-0.25, -0.2) is 8.78 Å². The summed E-state index contributed by atoms with van der Waals surface area (Å²) in [4.78, 5) is 12.9. The fourth-order valence-corrected chi connectivity index (χ4v) is 2.58. The summed E-state index contributed by atoms with van der Waals surface area (Å²) in [6.07, 6.45) is 0. The summed E-state index contributed by atoms with van der Waals surface area (Å²) in [5.74, 6) is -2.23. The normalized spacial score (nSPS) is 12.0. The molecule has 0 fully saturated rings. The highest BCUT2D eigenvalue weighted by Crippen LogP contribution is 2.25. The van der Waals surface area contributed by atoms with E-state index in [9.17, 15) is 13.6 Å². The van der Waals surface area contributed by atoms with Crippen LogP contribution in [0, 0.1) is 11.6 Å². The third-order valence-electron chi connectivity index (χ3n) is 2.68. The Morgan fingerprint density at radius 1 is 1.14 bits per heavy atom. The van der Waals surface area contributed by atoms with Crippen LogP contribution in [0.4, 0.5) is 14.5 Å². The quantitative estimate of drug-likeness (QED) is 0.822. The van der Waals surface area contributed by atoms with Crippen LogP contribution in [0.2, 0.25) is 5.02 Å². The van der Waals surface area contributed by atoms with Gasteiger partial charge in [-0.1, -0.05) is 11.6 Å². The van der Waals surface area contributed by atoms with Crippen LogP contribution in [0.15, 0.2) is 47.4 Å². The third kappa shape index (κ3) is 4.44. The van der Waals surface area contributed by atoms with Gasteiger partial charge in [0, 0.05) is 21.7 Å². The molecule has 0 spiro atoms. The van der Waals surface area contributed by atoms with E-state index in [2.05, 4.69) is 5.32 Å². The minimum Gasteiger partial charge on any atom is -0.325 e. The van der Waals surface area contributed by atoms with Crippen molar-refractivity contribution < 1.29 is 13.6 Å². The maximum absolute atomic E-state index is 13.1. The van der Waals surface area contributed by atoms with Gasteiger partial charge in [-0.05, 0) is 43.3 Å². The summed E-state index contributed by atoms with van der Waals surface area (Å²) in [7, 11) is 0. The fraction of sp³-hybridized carbons (Fsp3) is 0.133. The largest absolute Gasteiger partial charge is 0.325 e. The Bertz CT molecular complexity index is 649. The highest BCUT2D eigenvalue weighted by molar-refractivity contribution is 8.00. The molecule has 0 heterocycles. The number of anilines is 1. The molecule has 2 nitrogen and oxygen atoms in total. The number of carbonyl (C=O) groups is 1. The minimum absolute atomic E-state index is 0.224. The lowest BCUT2D eigenvalue weighted by atomic mass is 10.3. The first-order chi connectivity index (χ1) is 9.95. The van der Waals surface area contributed by atoms with E-state index in [0.29, 0.717) is 5.02 Å². The second kappa shape index (κ2) is 6.91. The van der Waals surface area contributed by atoms with Gasteiger partial charge < -0.3 is 5.32 Å². The van der Waals surface area contributed by atoms with Gasteiger partial charge in [-0.15, -0.1) is 11.8 Å². The van der Waals surface area contributed by atoms with Crippen molar-refractivity contribution in [2.24, 2.45) is 0 Å². The molecule has 110 valence electrons. The molecule has 1 atom stereocenters. The molecule has 2 rings (SSSR count). The third-order valence-corrected chi connectivity index (χ3v) is 4.05. The Kier molecular flexibility index (Phi) is 5.20. The SMILES string of the molecule is CC(Sc1ccc(Cl)cc1)C(=O)Nc1ccc(F)c(F)c1. The van der Waals surface area contributed by atoms with E-state index in [4.69, 9.17) is 11.6 Å². The number of nitrogens with one attached hydrogen (secondary N) is 1. The summed E-state index contributed by atoms with van der Waals surface area (Å²) >= 11 is 7.14. The average molecular weight is 328 g/mol. The molecule has 0 aliphatic carbocycles. The van der Waals surface area contributed by atoms with Crippen LogP contribution >= 0.6 is 23.4 Å². The van der Waals surface area contributed by atoms with E-state index < -0.39 is 11.6 Å². The molecule has 0 bridgehead atoms. The Hall–Kier alpha value is -1.59. The molecule has 0 aliphatic heterocycles. The van der Waals surface area contributed by atoms with Crippen LogP contribution in [0.1, 0.15) is 6.92 Å². The number of rotatable bonds is 4. The Morgan fingerprint density at radius 3 is 2.43 bits per heavy atom. The lowest BCUT2D eigenvalue weighted by molar-refractivity contribution is -0.115. The molecule has 0 radical (unpaired) electrons. The predicted molar refractivity (Wildman–Crippen MR) is 81.8 cm³/mol. The van der Waals surface area contributed by atoms with Crippen LogP contribution in [0.25, 0.3) is 0 Å². The van der Waals surface area contributed by atoms with Crippen molar-refractivity contribution in [3.05, 3.63) is 59.1 Å². The monoisotopic (exact) mass is 327 g/mol. The van der Waals surface area contributed by atoms with Crippen LogP contribution in [-0.2, 0) is 4.79 Å². The van der Waals surface area contributed by atoms with E-state index in [1.807, 2.05) is 12.1 Å². The van der Waals surface area contributed by atoms with E-state index >= 15 is 0 Å². The zero-order valence-corrected chi connectivity index (χ0v) is 12.6. The van der Waals surface area contributed by atoms with E-state index in [1.54, 1.807) is 19.1 Å². The summed E-state index contributed by atoms with van der Waals surface area (Å²) in [5.41, 5.74) is 0.224. The first kappa shape index (κ1) is 15.8. The average Bonchev–Trinajstić information content (AvgIpc) is 2.45. The van der Waals surface area contributed by atoms with Crippen molar-refractivity contribution in [1.29, 1.82) is 0 Å². The Balaban J connectivity index is 1.98. The predicted octanol–water partition coefficient (Wildman–Crippen LogP) is 4.74. The summed E-state index contributed by atoms with van der Waals surface area (Å²) in [6.45, 7) is 1.73. The molecule has 0 saturated heterocycles. The topological polar surface area (TPSA) is 29.1 Å². The first-order valence-electron chi connectivity index (χ1n) is 6.14. The van der Waals surface area contributed by atoms with E-state index in [0.717, 1.165) is 17.0 Å². The van der Waals surface area contributed by atoms with Crippen molar-refractivity contribution in [1.82, 2.24) is 0 Å². The highest BCUT2D eigenvalue weighted by atomic mass is 35.5. The van der Waals surface area contributed by atoms with Gasteiger partial charge in [0.25, 0.3) is 0 Å². The molecule has 2 aromatic rings. The number of benzene rings is 2. The molecule has 0 saturated carbocycles. The maximum Gasteiger partial charge on any atom is 0.237 e. The van der Waals surface area contributed by atoms with Gasteiger partial charge in [0.15, 0.2) is 11.6 Å². The van der Waals surface area contributed by atoms with Crippen LogP contribution in [-0.4, -0.2) is 11.2 Å². The van der Waals surface area contributed by atoms with Crippen molar-refractivity contribution in [3.8, 4) is 0 Å². The molecular weight excluding hydrogens is 316 g/mol. The van der Waals surface area contributed by atoms with Crippen molar-refractivity contribution in [3.63, 3.8) is 0 Å². The smallest absolute Gasteiger partial charge is 0.237 e. The molecule has 21 heavy (non-hydrogen) atoms. The number of hydrogen-bond donors (Lipinski definition) is 1. The molecule has 1 unspecified atom stereocenters.